The van der Waals surface area contributed by atoms with Crippen LogP contribution in [0.25, 0.3) is 0 Å². The molecule has 0 saturated carbocycles. The number of aryl methyl sites for hydroxylation is 1. The summed E-state index contributed by atoms with van der Waals surface area (Å²) < 4.78 is 0.638. The number of nitro benzene ring substituents is 1. The molecule has 1 rings (SSSR count). The molecule has 1 aromatic carbocycles. The normalized spacial score (nSPS) is 10.7. The van der Waals surface area contributed by atoms with Crippen molar-refractivity contribution in [3.63, 3.8) is 0 Å². The number of amides is 1. The van der Waals surface area contributed by atoms with Crippen molar-refractivity contribution >= 4 is 33.2 Å². The second-order valence-corrected chi connectivity index (χ2v) is 5.99. The van der Waals surface area contributed by atoms with Gasteiger partial charge in [0, 0.05) is 28.6 Å². The fourth-order valence-electron chi connectivity index (χ4n) is 1.81. The first-order valence-corrected chi connectivity index (χ1v) is 7.58. The van der Waals surface area contributed by atoms with Crippen LogP contribution in [0.15, 0.2) is 16.6 Å². The molecule has 0 unspecified atom stereocenters. The van der Waals surface area contributed by atoms with E-state index in [1.807, 2.05) is 13.8 Å². The summed E-state index contributed by atoms with van der Waals surface area (Å²) in [7, 11) is 0. The van der Waals surface area contributed by atoms with E-state index in [2.05, 4.69) is 26.6 Å². The zero-order valence-corrected chi connectivity index (χ0v) is 14.0. The number of halogens is 1. The van der Waals surface area contributed by atoms with Gasteiger partial charge in [-0.05, 0) is 41.9 Å². The maximum absolute atomic E-state index is 11.8. The maximum Gasteiger partial charge on any atom is 0.274 e. The summed E-state index contributed by atoms with van der Waals surface area (Å²) in [5.41, 5.74) is 0.968. The van der Waals surface area contributed by atoms with Crippen molar-refractivity contribution < 1.29 is 9.72 Å². The monoisotopic (exact) mass is 357 g/mol. The van der Waals surface area contributed by atoms with Crippen LogP contribution in [0.2, 0.25) is 0 Å². The molecule has 0 bridgehead atoms. The van der Waals surface area contributed by atoms with Crippen LogP contribution < -0.4 is 10.6 Å². The second kappa shape index (κ2) is 8.09. The molecule has 0 radical (unpaired) electrons. The average Bonchev–Trinajstić information content (AvgIpc) is 2.37. The molecule has 0 saturated heterocycles. The molecule has 116 valence electrons. The molecule has 0 fully saturated rings. The van der Waals surface area contributed by atoms with Crippen LogP contribution in [0, 0.1) is 17.0 Å². The summed E-state index contributed by atoms with van der Waals surface area (Å²) in [6, 6.07) is 3.40. The molecule has 2 N–H and O–H groups in total. The van der Waals surface area contributed by atoms with Crippen LogP contribution in [0.3, 0.4) is 0 Å². The van der Waals surface area contributed by atoms with Gasteiger partial charge in [-0.2, -0.15) is 0 Å². The van der Waals surface area contributed by atoms with Crippen molar-refractivity contribution in [3.8, 4) is 0 Å². The van der Waals surface area contributed by atoms with Crippen molar-refractivity contribution in [2.24, 2.45) is 0 Å². The summed E-state index contributed by atoms with van der Waals surface area (Å²) in [6.45, 7) is 6.51. The van der Waals surface area contributed by atoms with Gasteiger partial charge < -0.3 is 10.6 Å². The minimum Gasteiger partial charge on any atom is -0.325 e. The van der Waals surface area contributed by atoms with Gasteiger partial charge in [-0.15, -0.1) is 0 Å². The third-order valence-corrected chi connectivity index (χ3v) is 3.55. The Kier molecular flexibility index (Phi) is 6.77. The topological polar surface area (TPSA) is 84.3 Å². The lowest BCUT2D eigenvalue weighted by Gasteiger charge is -2.10. The Bertz CT molecular complexity index is 532. The van der Waals surface area contributed by atoms with Gasteiger partial charge in [0.1, 0.15) is 0 Å². The van der Waals surface area contributed by atoms with Crippen LogP contribution in [0.1, 0.15) is 32.3 Å². The number of nitrogens with one attached hydrogen (secondary N) is 2. The van der Waals surface area contributed by atoms with E-state index in [9.17, 15) is 14.9 Å². The number of nitro groups is 1. The second-order valence-electron chi connectivity index (χ2n) is 5.14. The van der Waals surface area contributed by atoms with Crippen LogP contribution in [0.4, 0.5) is 11.4 Å². The summed E-state index contributed by atoms with van der Waals surface area (Å²) in [5.74, 6) is -0.153. The van der Waals surface area contributed by atoms with Crippen molar-refractivity contribution in [2.75, 3.05) is 11.9 Å². The lowest BCUT2D eigenvalue weighted by molar-refractivity contribution is -0.385. The molecular formula is C14H20BrN3O3. The highest BCUT2D eigenvalue weighted by Gasteiger charge is 2.15. The molecule has 0 aromatic heterocycles. The largest absolute Gasteiger partial charge is 0.325 e. The Morgan fingerprint density at radius 3 is 2.67 bits per heavy atom. The van der Waals surface area contributed by atoms with E-state index >= 15 is 0 Å². The smallest absolute Gasteiger partial charge is 0.274 e. The molecule has 6 nitrogen and oxygen atoms in total. The Morgan fingerprint density at radius 1 is 1.43 bits per heavy atom. The first-order valence-electron chi connectivity index (χ1n) is 6.79. The molecule has 0 aliphatic rings. The van der Waals surface area contributed by atoms with Gasteiger partial charge in [0.25, 0.3) is 5.69 Å². The number of nitrogens with zero attached hydrogens (tertiary/aromatic N) is 1. The minimum atomic E-state index is -0.454. The van der Waals surface area contributed by atoms with Gasteiger partial charge in [0.15, 0.2) is 0 Å². The van der Waals surface area contributed by atoms with E-state index < -0.39 is 4.92 Å². The van der Waals surface area contributed by atoms with Crippen molar-refractivity contribution in [3.05, 3.63) is 32.3 Å². The predicted octanol–water partition coefficient (Wildman–Crippen LogP) is 3.38. The molecule has 7 heteroatoms. The first kappa shape index (κ1) is 17.6. The van der Waals surface area contributed by atoms with Crippen LogP contribution in [-0.4, -0.2) is 23.4 Å². The molecular weight excluding hydrogens is 338 g/mol. The lowest BCUT2D eigenvalue weighted by atomic mass is 10.2. The van der Waals surface area contributed by atoms with Crippen molar-refractivity contribution in [2.45, 2.75) is 39.7 Å². The summed E-state index contributed by atoms with van der Waals surface area (Å²) in [6.07, 6.45) is 1.09. The standard InChI is InChI=1S/C14H20BrN3O3/c1-9(2)16-6-4-5-14(19)17-12-8-13(18(20)21)10(3)7-11(12)15/h7-9,16H,4-6H2,1-3H3,(H,17,19). The highest BCUT2D eigenvalue weighted by atomic mass is 79.9. The fraction of sp³-hybridized carbons (Fsp3) is 0.500. The Morgan fingerprint density at radius 2 is 2.10 bits per heavy atom. The number of benzene rings is 1. The molecule has 0 spiro atoms. The third kappa shape index (κ3) is 5.81. The minimum absolute atomic E-state index is 0.00465. The SMILES string of the molecule is Cc1cc(Br)c(NC(=O)CCCNC(C)C)cc1[N+](=O)[O-]. The van der Waals surface area contributed by atoms with E-state index in [1.165, 1.54) is 6.07 Å². The molecule has 0 aliphatic heterocycles. The molecule has 0 aliphatic carbocycles. The molecule has 0 heterocycles. The molecule has 1 aromatic rings. The maximum atomic E-state index is 11.8. The highest BCUT2D eigenvalue weighted by molar-refractivity contribution is 9.10. The average molecular weight is 358 g/mol. The Hall–Kier alpha value is -1.47. The number of rotatable bonds is 7. The van der Waals surface area contributed by atoms with Gasteiger partial charge in [-0.3, -0.25) is 14.9 Å². The van der Waals surface area contributed by atoms with Crippen LogP contribution >= 0.6 is 15.9 Å². The van der Waals surface area contributed by atoms with E-state index in [1.54, 1.807) is 13.0 Å². The van der Waals surface area contributed by atoms with Gasteiger partial charge in [-0.25, -0.2) is 0 Å². The Balaban J connectivity index is 2.63. The van der Waals surface area contributed by atoms with E-state index in [0.717, 1.165) is 13.0 Å². The summed E-state index contributed by atoms with van der Waals surface area (Å²) in [4.78, 5) is 22.3. The number of hydrogen-bond donors (Lipinski definition) is 2. The number of carbonyl (C=O) groups excluding carboxylic acids is 1. The quantitative estimate of drug-likeness (QED) is 0.445. The Labute approximate surface area is 132 Å². The zero-order chi connectivity index (χ0) is 16.0. The molecule has 0 atom stereocenters. The van der Waals surface area contributed by atoms with E-state index in [4.69, 9.17) is 0 Å². The number of carbonyl (C=O) groups is 1. The fourth-order valence-corrected chi connectivity index (χ4v) is 2.36. The van der Waals surface area contributed by atoms with Gasteiger partial charge in [0.2, 0.25) is 5.91 Å². The highest BCUT2D eigenvalue weighted by Crippen LogP contribution is 2.30. The summed E-state index contributed by atoms with van der Waals surface area (Å²) >= 11 is 3.31. The van der Waals surface area contributed by atoms with E-state index in [-0.39, 0.29) is 11.6 Å². The van der Waals surface area contributed by atoms with Gasteiger partial charge >= 0.3 is 0 Å². The predicted molar refractivity (Wildman–Crippen MR) is 86.5 cm³/mol. The van der Waals surface area contributed by atoms with Gasteiger partial charge in [-0.1, -0.05) is 13.8 Å². The van der Waals surface area contributed by atoms with E-state index in [0.29, 0.717) is 28.2 Å². The molecule has 21 heavy (non-hydrogen) atoms. The van der Waals surface area contributed by atoms with Crippen molar-refractivity contribution in [1.29, 1.82) is 0 Å². The zero-order valence-electron chi connectivity index (χ0n) is 12.4. The van der Waals surface area contributed by atoms with Gasteiger partial charge in [0.05, 0.1) is 10.6 Å². The third-order valence-electron chi connectivity index (χ3n) is 2.89. The van der Waals surface area contributed by atoms with Crippen LogP contribution in [0.5, 0.6) is 0 Å². The molecule has 1 amide bonds. The number of hydrogen-bond acceptors (Lipinski definition) is 4. The van der Waals surface area contributed by atoms with Crippen molar-refractivity contribution in [1.82, 2.24) is 5.32 Å². The number of anilines is 1. The lowest BCUT2D eigenvalue weighted by Crippen LogP contribution is -2.24. The first-order chi connectivity index (χ1) is 9.81. The summed E-state index contributed by atoms with van der Waals surface area (Å²) in [5, 5.41) is 16.8. The van der Waals surface area contributed by atoms with Crippen LogP contribution in [-0.2, 0) is 4.79 Å².